The van der Waals surface area contributed by atoms with Gasteiger partial charge in [0.2, 0.25) is 5.91 Å². The zero-order valence-electron chi connectivity index (χ0n) is 13.1. The van der Waals surface area contributed by atoms with Crippen LogP contribution in [-0.4, -0.2) is 25.8 Å². The molecule has 0 saturated heterocycles. The van der Waals surface area contributed by atoms with E-state index in [4.69, 9.17) is 4.42 Å². The normalized spacial score (nSPS) is 13.4. The highest BCUT2D eigenvalue weighted by Gasteiger charge is 2.16. The van der Waals surface area contributed by atoms with Crippen molar-refractivity contribution in [3.8, 4) is 0 Å². The fourth-order valence-electron chi connectivity index (χ4n) is 2.76. The molecule has 3 aromatic rings. The van der Waals surface area contributed by atoms with Gasteiger partial charge in [0, 0.05) is 18.5 Å². The summed E-state index contributed by atoms with van der Waals surface area (Å²) in [4.78, 5) is 28.6. The highest BCUT2D eigenvalue weighted by atomic mass is 32.2. The van der Waals surface area contributed by atoms with E-state index in [1.807, 2.05) is 25.3 Å². The van der Waals surface area contributed by atoms with E-state index in [2.05, 4.69) is 14.9 Å². The number of carbonyl (C=O) groups excluding carboxylic acids is 1. The number of benzene rings is 1. The van der Waals surface area contributed by atoms with Crippen molar-refractivity contribution in [3.63, 3.8) is 0 Å². The van der Waals surface area contributed by atoms with Crippen molar-refractivity contribution in [1.82, 2.24) is 19.4 Å². The molecule has 7 nitrogen and oxygen atoms in total. The Morgan fingerprint density at radius 3 is 3.17 bits per heavy atom. The summed E-state index contributed by atoms with van der Waals surface area (Å²) in [7, 11) is 0. The van der Waals surface area contributed by atoms with Crippen LogP contribution in [0.1, 0.15) is 11.3 Å². The molecule has 0 bridgehead atoms. The van der Waals surface area contributed by atoms with E-state index in [1.54, 1.807) is 17.8 Å². The van der Waals surface area contributed by atoms with Crippen molar-refractivity contribution in [2.45, 2.75) is 31.7 Å². The summed E-state index contributed by atoms with van der Waals surface area (Å²) in [6, 6.07) is 5.45. The minimum absolute atomic E-state index is 0.0718. The average molecular weight is 344 g/mol. The highest BCUT2D eigenvalue weighted by Crippen LogP contribution is 2.24. The standard InChI is InChI=1S/C16H16N4O3S/c1-10-2-3-13-12(6-10)20(16(22)23-13)9-14(21)17-7-11-8-19-4-5-24-15(19)18-11/h2-3,6,8H,4-5,7,9H2,1H3,(H,17,21). The van der Waals surface area contributed by atoms with Crippen LogP contribution in [0.5, 0.6) is 0 Å². The molecule has 0 atom stereocenters. The first-order valence-electron chi connectivity index (χ1n) is 7.66. The van der Waals surface area contributed by atoms with Crippen LogP contribution in [0.15, 0.2) is 38.8 Å². The average Bonchev–Trinajstić information content (AvgIpc) is 3.20. The first kappa shape index (κ1) is 15.1. The first-order chi connectivity index (χ1) is 11.6. The number of thioether (sulfide) groups is 1. The lowest BCUT2D eigenvalue weighted by atomic mass is 10.2. The molecular formula is C16H16N4O3S. The zero-order valence-corrected chi connectivity index (χ0v) is 13.9. The molecule has 1 N–H and O–H groups in total. The number of nitrogens with zero attached hydrogens (tertiary/aromatic N) is 3. The lowest BCUT2D eigenvalue weighted by Crippen LogP contribution is -2.30. The van der Waals surface area contributed by atoms with Gasteiger partial charge < -0.3 is 14.3 Å². The van der Waals surface area contributed by atoms with Crippen molar-refractivity contribution in [1.29, 1.82) is 0 Å². The van der Waals surface area contributed by atoms with Crippen LogP contribution < -0.4 is 11.1 Å². The molecule has 0 spiro atoms. The largest absolute Gasteiger partial charge is 0.420 e. The smallest absolute Gasteiger partial charge is 0.408 e. The van der Waals surface area contributed by atoms with Gasteiger partial charge in [0.25, 0.3) is 0 Å². The van der Waals surface area contributed by atoms with E-state index in [-0.39, 0.29) is 12.5 Å². The molecule has 24 heavy (non-hydrogen) atoms. The van der Waals surface area contributed by atoms with Gasteiger partial charge in [-0.15, -0.1) is 0 Å². The van der Waals surface area contributed by atoms with Crippen LogP contribution in [0.3, 0.4) is 0 Å². The van der Waals surface area contributed by atoms with Gasteiger partial charge in [0.05, 0.1) is 17.8 Å². The molecule has 0 aliphatic carbocycles. The van der Waals surface area contributed by atoms with Gasteiger partial charge in [-0.2, -0.15) is 0 Å². The van der Waals surface area contributed by atoms with Crippen LogP contribution in [-0.2, 0) is 24.4 Å². The van der Waals surface area contributed by atoms with Crippen molar-refractivity contribution in [3.05, 3.63) is 46.2 Å². The lowest BCUT2D eigenvalue weighted by Gasteiger charge is -2.04. The molecule has 0 unspecified atom stereocenters. The Morgan fingerprint density at radius 1 is 1.46 bits per heavy atom. The number of hydrogen-bond acceptors (Lipinski definition) is 5. The monoisotopic (exact) mass is 344 g/mol. The Kier molecular flexibility index (Phi) is 3.68. The fourth-order valence-corrected chi connectivity index (χ4v) is 3.72. The number of rotatable bonds is 4. The number of nitrogens with one attached hydrogen (secondary N) is 1. The molecule has 1 aromatic carbocycles. The number of carbonyl (C=O) groups is 1. The maximum Gasteiger partial charge on any atom is 0.420 e. The Balaban J connectivity index is 1.47. The molecule has 1 aliphatic rings. The number of fused-ring (bicyclic) bond motifs is 2. The zero-order chi connectivity index (χ0) is 16.7. The molecule has 1 aliphatic heterocycles. The number of amides is 1. The predicted molar refractivity (Wildman–Crippen MR) is 90.0 cm³/mol. The van der Waals surface area contributed by atoms with Crippen LogP contribution in [0.25, 0.3) is 11.1 Å². The molecular weight excluding hydrogens is 328 g/mol. The number of aromatic nitrogens is 3. The summed E-state index contributed by atoms with van der Waals surface area (Å²) in [6.45, 7) is 3.16. The molecule has 3 heterocycles. The quantitative estimate of drug-likeness (QED) is 0.776. The summed E-state index contributed by atoms with van der Waals surface area (Å²) in [5, 5.41) is 3.80. The van der Waals surface area contributed by atoms with Gasteiger partial charge >= 0.3 is 5.76 Å². The van der Waals surface area contributed by atoms with Crippen molar-refractivity contribution >= 4 is 28.8 Å². The van der Waals surface area contributed by atoms with Gasteiger partial charge in [0.15, 0.2) is 10.7 Å². The molecule has 0 saturated carbocycles. The second-order valence-electron chi connectivity index (χ2n) is 5.76. The number of aryl methyl sites for hydroxylation is 2. The minimum Gasteiger partial charge on any atom is -0.408 e. The van der Waals surface area contributed by atoms with Gasteiger partial charge in [-0.05, 0) is 24.6 Å². The Morgan fingerprint density at radius 2 is 2.33 bits per heavy atom. The molecule has 0 radical (unpaired) electrons. The van der Waals surface area contributed by atoms with E-state index in [0.717, 1.165) is 28.7 Å². The van der Waals surface area contributed by atoms with E-state index >= 15 is 0 Å². The summed E-state index contributed by atoms with van der Waals surface area (Å²) in [5.41, 5.74) is 2.95. The van der Waals surface area contributed by atoms with E-state index in [0.29, 0.717) is 17.6 Å². The molecule has 124 valence electrons. The third-order valence-corrected chi connectivity index (χ3v) is 4.92. The van der Waals surface area contributed by atoms with Crippen LogP contribution in [0.4, 0.5) is 0 Å². The second-order valence-corrected chi connectivity index (χ2v) is 6.82. The molecule has 4 rings (SSSR count). The van der Waals surface area contributed by atoms with Crippen LogP contribution >= 0.6 is 11.8 Å². The third kappa shape index (κ3) is 2.73. The third-order valence-electron chi connectivity index (χ3n) is 3.94. The Bertz CT molecular complexity index is 964. The highest BCUT2D eigenvalue weighted by molar-refractivity contribution is 7.99. The van der Waals surface area contributed by atoms with Crippen molar-refractivity contribution in [2.75, 3.05) is 5.75 Å². The predicted octanol–water partition coefficient (Wildman–Crippen LogP) is 1.52. The fraction of sp³-hybridized carbons (Fsp3) is 0.312. The van der Waals surface area contributed by atoms with Crippen molar-refractivity contribution in [2.24, 2.45) is 0 Å². The molecule has 2 aromatic heterocycles. The maximum atomic E-state index is 12.2. The van der Waals surface area contributed by atoms with Gasteiger partial charge in [-0.25, -0.2) is 9.78 Å². The second kappa shape index (κ2) is 5.86. The van der Waals surface area contributed by atoms with E-state index in [1.165, 1.54) is 4.57 Å². The summed E-state index contributed by atoms with van der Waals surface area (Å²) in [6.07, 6.45) is 1.96. The molecule has 0 fully saturated rings. The summed E-state index contributed by atoms with van der Waals surface area (Å²) >= 11 is 1.71. The first-order valence-corrected chi connectivity index (χ1v) is 8.64. The van der Waals surface area contributed by atoms with Crippen LogP contribution in [0, 0.1) is 6.92 Å². The Hall–Kier alpha value is -2.48. The summed E-state index contributed by atoms with van der Waals surface area (Å²) < 4.78 is 8.60. The number of oxazole rings is 1. The molecule has 8 heteroatoms. The summed E-state index contributed by atoms with van der Waals surface area (Å²) in [5.74, 6) is 0.274. The lowest BCUT2D eigenvalue weighted by molar-refractivity contribution is -0.121. The SMILES string of the molecule is Cc1ccc2oc(=O)n(CC(=O)NCc3cn4c(n3)SCC4)c2c1. The maximum absolute atomic E-state index is 12.2. The van der Waals surface area contributed by atoms with Crippen LogP contribution in [0.2, 0.25) is 0 Å². The number of hydrogen-bond donors (Lipinski definition) is 1. The van der Waals surface area contributed by atoms with E-state index in [9.17, 15) is 9.59 Å². The van der Waals surface area contributed by atoms with Gasteiger partial charge in [-0.1, -0.05) is 17.8 Å². The minimum atomic E-state index is -0.525. The van der Waals surface area contributed by atoms with Gasteiger partial charge in [-0.3, -0.25) is 9.36 Å². The van der Waals surface area contributed by atoms with E-state index < -0.39 is 5.76 Å². The van der Waals surface area contributed by atoms with Gasteiger partial charge in [0.1, 0.15) is 6.54 Å². The molecule has 1 amide bonds. The topological polar surface area (TPSA) is 82.1 Å². The Labute approximate surface area is 141 Å². The number of imidazole rings is 1. The van der Waals surface area contributed by atoms with Crippen molar-refractivity contribution < 1.29 is 9.21 Å².